The van der Waals surface area contributed by atoms with E-state index in [1.54, 1.807) is 0 Å². The van der Waals surface area contributed by atoms with Crippen LogP contribution in [0.2, 0.25) is 0 Å². The Morgan fingerprint density at radius 3 is 2.77 bits per heavy atom. The molecule has 2 N–H and O–H groups in total. The van der Waals surface area contributed by atoms with Gasteiger partial charge in [-0.3, -0.25) is 9.59 Å². The zero-order valence-corrected chi connectivity index (χ0v) is 14.8. The molecule has 26 heavy (non-hydrogen) atoms. The average molecular weight is 364 g/mol. The predicted octanol–water partition coefficient (Wildman–Crippen LogP) is 2.30. The fraction of sp³-hybridized carbons (Fsp3) is 0.500. The maximum atomic E-state index is 13.7. The topological polar surface area (TPSA) is 76.0 Å². The number of rotatable bonds is 4. The van der Waals surface area contributed by atoms with Gasteiger partial charge in [0.15, 0.2) is 11.6 Å². The molecule has 2 aromatic rings. The van der Waals surface area contributed by atoms with E-state index in [4.69, 9.17) is 0 Å². The van der Waals surface area contributed by atoms with Crippen molar-refractivity contribution >= 4 is 22.8 Å². The fourth-order valence-corrected chi connectivity index (χ4v) is 3.33. The second kappa shape index (κ2) is 7.39. The first-order valence-electron chi connectivity index (χ1n) is 8.78. The van der Waals surface area contributed by atoms with E-state index < -0.39 is 23.7 Å². The van der Waals surface area contributed by atoms with Crippen LogP contribution in [0.4, 0.5) is 8.78 Å². The maximum Gasteiger partial charge on any atom is 0.244 e. The molecule has 1 fully saturated rings. The Morgan fingerprint density at radius 2 is 2.04 bits per heavy atom. The van der Waals surface area contributed by atoms with Gasteiger partial charge in [0.05, 0.1) is 17.4 Å². The van der Waals surface area contributed by atoms with Crippen molar-refractivity contribution in [1.82, 2.24) is 20.2 Å². The minimum absolute atomic E-state index is 0.144. The maximum absolute atomic E-state index is 13.7. The van der Waals surface area contributed by atoms with Crippen LogP contribution >= 0.6 is 0 Å². The molecule has 0 bridgehead atoms. The van der Waals surface area contributed by atoms with Crippen LogP contribution in [0.25, 0.3) is 11.0 Å². The van der Waals surface area contributed by atoms with Gasteiger partial charge < -0.3 is 15.2 Å². The van der Waals surface area contributed by atoms with E-state index in [9.17, 15) is 18.4 Å². The minimum Gasteiger partial charge on any atom is -0.354 e. The molecule has 1 aliphatic heterocycles. The summed E-state index contributed by atoms with van der Waals surface area (Å²) in [5, 5.41) is 5.58. The first kappa shape index (κ1) is 18.3. The highest BCUT2D eigenvalue weighted by Crippen LogP contribution is 2.26. The highest BCUT2D eigenvalue weighted by Gasteiger charge is 2.30. The number of hydrogen-bond donors (Lipinski definition) is 2. The molecule has 1 aromatic heterocycles. The summed E-state index contributed by atoms with van der Waals surface area (Å²) in [6.07, 6.45) is 3.70. The molecule has 0 unspecified atom stereocenters. The Balaban J connectivity index is 1.90. The SMILES string of the molecule is CC(C)[C@@H](C(=O)N[C@H]1CCCCNC1=O)n1cnc2cc(F)c(F)cc21. The summed E-state index contributed by atoms with van der Waals surface area (Å²) in [6.45, 7) is 4.31. The van der Waals surface area contributed by atoms with Gasteiger partial charge in [-0.25, -0.2) is 13.8 Å². The third-order valence-electron chi connectivity index (χ3n) is 4.67. The number of amides is 2. The first-order chi connectivity index (χ1) is 12.4. The van der Waals surface area contributed by atoms with Gasteiger partial charge in [0.25, 0.3) is 0 Å². The molecule has 2 heterocycles. The van der Waals surface area contributed by atoms with Gasteiger partial charge in [0, 0.05) is 18.7 Å². The number of aromatic nitrogens is 2. The molecule has 0 spiro atoms. The van der Waals surface area contributed by atoms with Gasteiger partial charge in [-0.15, -0.1) is 0 Å². The first-order valence-corrected chi connectivity index (χ1v) is 8.78. The summed E-state index contributed by atoms with van der Waals surface area (Å²) < 4.78 is 28.6. The number of nitrogens with zero attached hydrogens (tertiary/aromatic N) is 2. The number of halogens is 2. The monoisotopic (exact) mass is 364 g/mol. The Morgan fingerprint density at radius 1 is 1.31 bits per heavy atom. The van der Waals surface area contributed by atoms with Gasteiger partial charge >= 0.3 is 0 Å². The molecule has 2 amide bonds. The van der Waals surface area contributed by atoms with Crippen LogP contribution in [0.1, 0.15) is 39.2 Å². The van der Waals surface area contributed by atoms with Gasteiger partial charge in [-0.05, 0) is 25.2 Å². The van der Waals surface area contributed by atoms with Crippen molar-refractivity contribution in [2.75, 3.05) is 6.54 Å². The molecule has 0 radical (unpaired) electrons. The molecule has 1 aromatic carbocycles. The molecule has 6 nitrogen and oxygen atoms in total. The Bertz CT molecular complexity index is 834. The lowest BCUT2D eigenvalue weighted by atomic mass is 10.0. The average Bonchev–Trinajstić information content (AvgIpc) is 2.84. The lowest BCUT2D eigenvalue weighted by Crippen LogP contribution is -2.48. The van der Waals surface area contributed by atoms with E-state index in [0.717, 1.165) is 25.0 Å². The van der Waals surface area contributed by atoms with E-state index in [1.807, 2.05) is 13.8 Å². The van der Waals surface area contributed by atoms with Crippen LogP contribution in [0.5, 0.6) is 0 Å². The zero-order chi connectivity index (χ0) is 18.8. The highest BCUT2D eigenvalue weighted by molar-refractivity contribution is 5.90. The van der Waals surface area contributed by atoms with Crippen molar-refractivity contribution in [3.05, 3.63) is 30.1 Å². The normalized spacial score (nSPS) is 19.3. The lowest BCUT2D eigenvalue weighted by molar-refractivity contribution is -0.131. The second-order valence-electron chi connectivity index (χ2n) is 6.94. The second-order valence-corrected chi connectivity index (χ2v) is 6.94. The van der Waals surface area contributed by atoms with Crippen molar-refractivity contribution in [1.29, 1.82) is 0 Å². The number of carbonyl (C=O) groups excluding carboxylic acids is 2. The van der Waals surface area contributed by atoms with Crippen LogP contribution in [0, 0.1) is 17.6 Å². The van der Waals surface area contributed by atoms with Gasteiger partial charge in [0.1, 0.15) is 12.1 Å². The van der Waals surface area contributed by atoms with E-state index >= 15 is 0 Å². The summed E-state index contributed by atoms with van der Waals surface area (Å²) in [6, 6.07) is 0.768. The van der Waals surface area contributed by atoms with Crippen molar-refractivity contribution < 1.29 is 18.4 Å². The standard InChI is InChI=1S/C18H22F2N4O2/c1-10(2)16(18(26)23-13-5-3-4-6-21-17(13)25)24-9-22-14-7-11(19)12(20)8-15(14)24/h7-10,13,16H,3-6H2,1-2H3,(H,21,25)(H,23,26)/t13-,16-/m0/s1. The molecule has 8 heteroatoms. The summed E-state index contributed by atoms with van der Waals surface area (Å²) in [7, 11) is 0. The molecule has 0 saturated carbocycles. The Hall–Kier alpha value is -2.51. The molecule has 1 aliphatic rings. The van der Waals surface area contributed by atoms with Crippen LogP contribution in [-0.4, -0.2) is 34.0 Å². The molecular formula is C18H22F2N4O2. The van der Waals surface area contributed by atoms with E-state index in [1.165, 1.54) is 10.9 Å². The van der Waals surface area contributed by atoms with E-state index in [-0.39, 0.29) is 23.2 Å². The number of nitrogens with one attached hydrogen (secondary N) is 2. The van der Waals surface area contributed by atoms with Crippen molar-refractivity contribution in [3.63, 3.8) is 0 Å². The molecule has 0 aliphatic carbocycles. The van der Waals surface area contributed by atoms with E-state index in [0.29, 0.717) is 18.5 Å². The summed E-state index contributed by atoms with van der Waals surface area (Å²) >= 11 is 0. The number of benzene rings is 1. The Labute approximate surface area is 150 Å². The van der Waals surface area contributed by atoms with E-state index in [2.05, 4.69) is 15.6 Å². The number of carbonyl (C=O) groups is 2. The molecule has 3 rings (SSSR count). The minimum atomic E-state index is -0.995. The van der Waals surface area contributed by atoms with Crippen molar-refractivity contribution in [2.45, 2.75) is 45.2 Å². The summed E-state index contributed by atoms with van der Waals surface area (Å²) in [4.78, 5) is 29.1. The molecule has 2 atom stereocenters. The van der Waals surface area contributed by atoms with Crippen LogP contribution in [0.15, 0.2) is 18.5 Å². The van der Waals surface area contributed by atoms with Gasteiger partial charge in [0.2, 0.25) is 11.8 Å². The largest absolute Gasteiger partial charge is 0.354 e. The van der Waals surface area contributed by atoms with Gasteiger partial charge in [-0.2, -0.15) is 0 Å². The molecular weight excluding hydrogens is 342 g/mol. The molecule has 140 valence electrons. The zero-order valence-electron chi connectivity index (χ0n) is 14.8. The number of fused-ring (bicyclic) bond motifs is 1. The van der Waals surface area contributed by atoms with Crippen LogP contribution < -0.4 is 10.6 Å². The van der Waals surface area contributed by atoms with Crippen LogP contribution in [0.3, 0.4) is 0 Å². The quantitative estimate of drug-likeness (QED) is 0.874. The number of hydrogen-bond acceptors (Lipinski definition) is 3. The lowest BCUT2D eigenvalue weighted by Gasteiger charge is -2.25. The smallest absolute Gasteiger partial charge is 0.244 e. The van der Waals surface area contributed by atoms with Gasteiger partial charge in [-0.1, -0.05) is 13.8 Å². The predicted molar refractivity (Wildman–Crippen MR) is 92.3 cm³/mol. The van der Waals surface area contributed by atoms with Crippen molar-refractivity contribution in [2.24, 2.45) is 5.92 Å². The molecule has 1 saturated heterocycles. The third-order valence-corrected chi connectivity index (χ3v) is 4.67. The summed E-state index contributed by atoms with van der Waals surface area (Å²) in [5.74, 6) is -2.66. The van der Waals surface area contributed by atoms with Crippen molar-refractivity contribution in [3.8, 4) is 0 Å². The van der Waals surface area contributed by atoms with Crippen LogP contribution in [-0.2, 0) is 9.59 Å². The third kappa shape index (κ3) is 3.54. The highest BCUT2D eigenvalue weighted by atomic mass is 19.2. The fourth-order valence-electron chi connectivity index (χ4n) is 3.33. The number of imidazole rings is 1. The Kier molecular flexibility index (Phi) is 5.20. The summed E-state index contributed by atoms with van der Waals surface area (Å²) in [5.41, 5.74) is 0.609.